The maximum Gasteiger partial charge on any atom is 0.0836 e. The van der Waals surface area contributed by atoms with E-state index in [9.17, 15) is 0 Å². The van der Waals surface area contributed by atoms with Crippen LogP contribution in [0.2, 0.25) is 0 Å². The molecule has 4 aromatic rings. The Kier molecular flexibility index (Phi) is 3.86. The second kappa shape index (κ2) is 6.53. The number of nitrogens with zero attached hydrogens (tertiary/aromatic N) is 2. The van der Waals surface area contributed by atoms with Crippen LogP contribution in [0.15, 0.2) is 47.8 Å². The molecule has 5 heteroatoms. The van der Waals surface area contributed by atoms with Gasteiger partial charge in [-0.1, -0.05) is 0 Å². The summed E-state index contributed by atoms with van der Waals surface area (Å²) in [7, 11) is 0. The third kappa shape index (κ3) is 2.81. The van der Waals surface area contributed by atoms with Crippen molar-refractivity contribution in [1.29, 1.82) is 0 Å². The second-order valence-electron chi connectivity index (χ2n) is 8.35. The molecular formula is C26H22N4S. The Balaban J connectivity index is 1.79. The Labute approximate surface area is 184 Å². The normalized spacial score (nSPS) is 13.0. The Hall–Kier alpha value is -3.44. The average Bonchev–Trinajstić information content (AvgIpc) is 3.53. The lowest BCUT2D eigenvalue weighted by molar-refractivity contribution is 1.24. The van der Waals surface area contributed by atoms with Crippen molar-refractivity contribution in [3.05, 3.63) is 70.4 Å². The molecule has 0 aromatic carbocycles. The minimum absolute atomic E-state index is 0.982. The highest BCUT2D eigenvalue weighted by molar-refractivity contribution is 7.14. The van der Waals surface area contributed by atoms with E-state index in [2.05, 4.69) is 85.5 Å². The molecule has 4 aromatic heterocycles. The van der Waals surface area contributed by atoms with Crippen molar-refractivity contribution in [2.75, 3.05) is 0 Å². The number of aromatic amines is 2. The SMILES string of the molecule is CC1=C(C)c2nc1cc1nc(cc3ccc(cc4cc(C)c([nH]4)c2C)[nH]3)-c2sccc2-1. The predicted molar refractivity (Wildman–Crippen MR) is 131 cm³/mol. The molecule has 6 rings (SSSR count). The highest BCUT2D eigenvalue weighted by atomic mass is 32.1. The molecule has 152 valence electrons. The maximum absolute atomic E-state index is 5.06. The monoisotopic (exact) mass is 422 g/mol. The number of aromatic nitrogens is 4. The van der Waals surface area contributed by atoms with E-state index >= 15 is 0 Å². The van der Waals surface area contributed by atoms with E-state index in [0.29, 0.717) is 0 Å². The molecule has 0 saturated heterocycles. The highest BCUT2D eigenvalue weighted by Crippen LogP contribution is 2.41. The van der Waals surface area contributed by atoms with Crippen molar-refractivity contribution < 1.29 is 0 Å². The number of H-pyrrole nitrogens is 2. The average molecular weight is 423 g/mol. The van der Waals surface area contributed by atoms with E-state index in [1.54, 1.807) is 11.3 Å². The lowest BCUT2D eigenvalue weighted by Crippen LogP contribution is -1.86. The zero-order chi connectivity index (χ0) is 21.3. The van der Waals surface area contributed by atoms with E-state index < -0.39 is 0 Å². The Morgan fingerprint density at radius 1 is 0.710 bits per heavy atom. The van der Waals surface area contributed by atoms with E-state index in [1.165, 1.54) is 32.7 Å². The first-order valence-corrected chi connectivity index (χ1v) is 11.3. The summed E-state index contributed by atoms with van der Waals surface area (Å²) >= 11 is 1.73. The van der Waals surface area contributed by atoms with Crippen LogP contribution in [-0.2, 0) is 0 Å². The number of rotatable bonds is 0. The Bertz CT molecular complexity index is 1580. The lowest BCUT2D eigenvalue weighted by Gasteiger charge is -2.00. The molecule has 4 nitrogen and oxygen atoms in total. The van der Waals surface area contributed by atoms with Gasteiger partial charge in [-0.25, -0.2) is 9.97 Å². The van der Waals surface area contributed by atoms with E-state index in [0.717, 1.165) is 44.8 Å². The van der Waals surface area contributed by atoms with Crippen LogP contribution in [0.5, 0.6) is 0 Å². The van der Waals surface area contributed by atoms with Crippen LogP contribution in [0.4, 0.5) is 0 Å². The van der Waals surface area contributed by atoms with Gasteiger partial charge in [0.15, 0.2) is 0 Å². The van der Waals surface area contributed by atoms with Crippen molar-refractivity contribution in [2.45, 2.75) is 27.7 Å². The van der Waals surface area contributed by atoms with Crippen LogP contribution in [0, 0.1) is 13.8 Å². The smallest absolute Gasteiger partial charge is 0.0836 e. The minimum atomic E-state index is 0.982. The van der Waals surface area contributed by atoms with Gasteiger partial charge in [0.25, 0.3) is 0 Å². The van der Waals surface area contributed by atoms with Crippen LogP contribution >= 0.6 is 11.3 Å². The molecule has 6 heterocycles. The van der Waals surface area contributed by atoms with Crippen molar-refractivity contribution >= 4 is 44.5 Å². The third-order valence-corrected chi connectivity index (χ3v) is 7.26. The molecule has 0 saturated carbocycles. The van der Waals surface area contributed by atoms with Crippen molar-refractivity contribution in [3.8, 4) is 21.8 Å². The van der Waals surface area contributed by atoms with Gasteiger partial charge in [-0.15, -0.1) is 11.3 Å². The van der Waals surface area contributed by atoms with Gasteiger partial charge in [0.05, 0.1) is 27.7 Å². The largest absolute Gasteiger partial charge is 0.355 e. The molecule has 31 heavy (non-hydrogen) atoms. The minimum Gasteiger partial charge on any atom is -0.355 e. The molecule has 0 unspecified atom stereocenters. The molecule has 0 aliphatic carbocycles. The van der Waals surface area contributed by atoms with Crippen LogP contribution < -0.4 is 0 Å². The van der Waals surface area contributed by atoms with Gasteiger partial charge in [-0.2, -0.15) is 0 Å². The summed E-state index contributed by atoms with van der Waals surface area (Å²) in [6.07, 6.45) is 0. The summed E-state index contributed by atoms with van der Waals surface area (Å²) < 4.78 is 0. The molecule has 0 amide bonds. The molecule has 0 radical (unpaired) electrons. The van der Waals surface area contributed by atoms with Gasteiger partial charge >= 0.3 is 0 Å². The summed E-state index contributed by atoms with van der Waals surface area (Å²) in [5.74, 6) is 0. The van der Waals surface area contributed by atoms with Crippen molar-refractivity contribution in [3.63, 3.8) is 0 Å². The summed E-state index contributed by atoms with van der Waals surface area (Å²) in [5.41, 5.74) is 14.4. The molecule has 2 aliphatic rings. The maximum atomic E-state index is 5.06. The quantitative estimate of drug-likeness (QED) is 0.275. The number of thiophene rings is 1. The van der Waals surface area contributed by atoms with Gasteiger partial charge in [-0.3, -0.25) is 0 Å². The summed E-state index contributed by atoms with van der Waals surface area (Å²) in [4.78, 5) is 18.3. The molecular weight excluding hydrogens is 400 g/mol. The number of aryl methyl sites for hydroxylation is 2. The zero-order valence-corrected chi connectivity index (χ0v) is 18.7. The number of fused-ring (bicyclic) bond motifs is 11. The first-order valence-electron chi connectivity index (χ1n) is 10.4. The van der Waals surface area contributed by atoms with Gasteiger partial charge in [0, 0.05) is 27.6 Å². The summed E-state index contributed by atoms with van der Waals surface area (Å²) in [6.45, 7) is 8.62. The summed E-state index contributed by atoms with van der Waals surface area (Å²) in [5, 5.41) is 2.14. The third-order valence-electron chi connectivity index (χ3n) is 6.32. The van der Waals surface area contributed by atoms with Gasteiger partial charge in [-0.05, 0) is 97.8 Å². The molecule has 2 aliphatic heterocycles. The molecule has 0 fully saturated rings. The van der Waals surface area contributed by atoms with Gasteiger partial charge in [0.1, 0.15) is 0 Å². The number of allylic oxidation sites excluding steroid dienone is 2. The summed E-state index contributed by atoms with van der Waals surface area (Å²) in [6, 6.07) is 15.0. The fourth-order valence-corrected chi connectivity index (χ4v) is 5.40. The van der Waals surface area contributed by atoms with Crippen LogP contribution in [-0.4, -0.2) is 19.9 Å². The molecule has 2 N–H and O–H groups in total. The first kappa shape index (κ1) is 18.3. The number of hydrogen-bond donors (Lipinski definition) is 2. The lowest BCUT2D eigenvalue weighted by atomic mass is 10.0. The van der Waals surface area contributed by atoms with Crippen molar-refractivity contribution in [1.82, 2.24) is 19.9 Å². The van der Waals surface area contributed by atoms with Crippen LogP contribution in [0.1, 0.15) is 36.4 Å². The fourth-order valence-electron chi connectivity index (χ4n) is 4.53. The molecule has 0 spiro atoms. The van der Waals surface area contributed by atoms with Crippen LogP contribution in [0.3, 0.4) is 0 Å². The first-order chi connectivity index (χ1) is 15.0. The van der Waals surface area contributed by atoms with Crippen LogP contribution in [0.25, 0.3) is 55.0 Å². The zero-order valence-electron chi connectivity index (χ0n) is 17.9. The Morgan fingerprint density at radius 2 is 1.52 bits per heavy atom. The van der Waals surface area contributed by atoms with E-state index in [-0.39, 0.29) is 0 Å². The second-order valence-corrected chi connectivity index (χ2v) is 9.27. The fraction of sp³-hybridized carbons (Fsp3) is 0.154. The van der Waals surface area contributed by atoms with Gasteiger partial charge in [0.2, 0.25) is 0 Å². The predicted octanol–water partition coefficient (Wildman–Crippen LogP) is 7.28. The van der Waals surface area contributed by atoms with Crippen molar-refractivity contribution in [2.24, 2.45) is 0 Å². The molecule has 8 bridgehead atoms. The Morgan fingerprint density at radius 3 is 2.35 bits per heavy atom. The number of nitrogens with one attached hydrogen (secondary N) is 2. The van der Waals surface area contributed by atoms with E-state index in [4.69, 9.17) is 9.97 Å². The molecule has 0 atom stereocenters. The van der Waals surface area contributed by atoms with E-state index in [1.807, 2.05) is 0 Å². The standard InChI is InChI=1S/C26H22N4S/c1-13-9-19-10-17-5-6-18(27-17)11-23-26-20(7-8-31-26)22(29-23)12-21-14(2)15(3)25(30-21)16(4)24(13)28-19/h5-12,27-28H,1-4H3. The topological polar surface area (TPSA) is 57.4 Å². The highest BCUT2D eigenvalue weighted by Gasteiger charge is 2.20. The number of hydrogen-bond acceptors (Lipinski definition) is 3. The van der Waals surface area contributed by atoms with Gasteiger partial charge < -0.3 is 9.97 Å².